The summed E-state index contributed by atoms with van der Waals surface area (Å²) in [5.74, 6) is -0.678. The van der Waals surface area contributed by atoms with Gasteiger partial charge in [-0.2, -0.15) is 18.3 Å². The average Bonchev–Trinajstić information content (AvgIpc) is 3.20. The van der Waals surface area contributed by atoms with Gasteiger partial charge in [0.15, 0.2) is 4.90 Å². The van der Waals surface area contributed by atoms with E-state index in [0.29, 0.717) is 10.9 Å². The van der Waals surface area contributed by atoms with E-state index in [9.17, 15) is 27.6 Å². The summed E-state index contributed by atoms with van der Waals surface area (Å²) < 4.78 is 55.9. The number of aliphatic hydroxyl groups is 1. The number of aliphatic hydroxyl groups excluding tert-OH is 1. The Balaban J connectivity index is 1.80. The molecule has 0 bridgehead atoms. The molecule has 3 N–H and O–H groups in total. The van der Waals surface area contributed by atoms with Crippen molar-refractivity contribution in [3.05, 3.63) is 42.3 Å². The molecule has 1 aliphatic carbocycles. The second-order valence-electron chi connectivity index (χ2n) is 8.45. The van der Waals surface area contributed by atoms with Gasteiger partial charge in [0.1, 0.15) is 18.0 Å². The van der Waals surface area contributed by atoms with Crippen LogP contribution in [0.3, 0.4) is 0 Å². The minimum absolute atomic E-state index is 0.00333. The van der Waals surface area contributed by atoms with Gasteiger partial charge >= 0.3 is 6.18 Å². The second kappa shape index (κ2) is 9.03. The van der Waals surface area contributed by atoms with Crippen LogP contribution in [0.15, 0.2) is 47.2 Å². The van der Waals surface area contributed by atoms with Crippen molar-refractivity contribution in [1.29, 1.82) is 0 Å². The summed E-state index contributed by atoms with van der Waals surface area (Å²) in [7, 11) is 0. The smallest absolute Gasteiger partial charge is 0.431 e. The molecule has 1 aromatic carbocycles. The van der Waals surface area contributed by atoms with Crippen molar-refractivity contribution in [3.8, 4) is 0 Å². The number of hydrogen-bond donors (Lipinski definition) is 2. The molecule has 1 amide bonds. The van der Waals surface area contributed by atoms with Gasteiger partial charge in [0.05, 0.1) is 17.2 Å². The van der Waals surface area contributed by atoms with E-state index in [1.807, 2.05) is 0 Å². The molecule has 1 aliphatic heterocycles. The van der Waals surface area contributed by atoms with E-state index in [-0.39, 0.29) is 29.1 Å². The Bertz CT molecular complexity index is 1100. The van der Waals surface area contributed by atoms with Crippen LogP contribution in [0.25, 0.3) is 10.9 Å². The number of carbonyl (C=O) groups excluding carboxylic acids is 1. The number of benzene rings is 1. The number of aromatic nitrogens is 2. The maximum atomic E-state index is 13.9. The fourth-order valence-electron chi connectivity index (χ4n) is 4.56. The number of amides is 1. The van der Waals surface area contributed by atoms with Gasteiger partial charge in [0.25, 0.3) is 0 Å². The van der Waals surface area contributed by atoms with Crippen molar-refractivity contribution < 1.29 is 27.6 Å². The fourth-order valence-corrected chi connectivity index (χ4v) is 5.29. The van der Waals surface area contributed by atoms with E-state index < -0.39 is 35.0 Å². The van der Waals surface area contributed by atoms with E-state index in [2.05, 4.69) is 5.10 Å². The highest BCUT2D eigenvalue weighted by Gasteiger charge is 2.44. The summed E-state index contributed by atoms with van der Waals surface area (Å²) in [5, 5.41) is 14.5. The lowest BCUT2D eigenvalue weighted by atomic mass is 9.87. The number of carbonyl (C=O) groups is 1. The average molecular weight is 483 g/mol. The van der Waals surface area contributed by atoms with Gasteiger partial charge in [0, 0.05) is 24.3 Å². The number of allylic oxidation sites excluding steroid dienone is 3. The molecule has 0 saturated heterocycles. The Hall–Kier alpha value is -2.50. The van der Waals surface area contributed by atoms with E-state index >= 15 is 0 Å². The van der Waals surface area contributed by atoms with E-state index in [1.165, 1.54) is 24.5 Å². The molecule has 11 heteroatoms. The third kappa shape index (κ3) is 4.62. The number of fused-ring (bicyclic) bond motifs is 1. The van der Waals surface area contributed by atoms with Crippen LogP contribution in [0.1, 0.15) is 31.7 Å². The lowest BCUT2D eigenvalue weighted by Crippen LogP contribution is -2.48. The second-order valence-corrected chi connectivity index (χ2v) is 9.80. The van der Waals surface area contributed by atoms with E-state index in [4.69, 9.17) is 5.73 Å². The third-order valence-electron chi connectivity index (χ3n) is 6.29. The van der Waals surface area contributed by atoms with Crippen molar-refractivity contribution in [2.45, 2.75) is 48.8 Å². The van der Waals surface area contributed by atoms with Gasteiger partial charge in [-0.1, -0.05) is 12.2 Å². The van der Waals surface area contributed by atoms with Crippen molar-refractivity contribution in [2.24, 2.45) is 11.7 Å². The van der Waals surface area contributed by atoms with Crippen LogP contribution in [0.4, 0.5) is 18.9 Å². The lowest BCUT2D eigenvalue weighted by Gasteiger charge is -2.35. The SMILES string of the molecule is C[S+]([O-])c1cc2nn(C3CCC(CO)CC3)cc2cc1N1C(C(F)(F)F)=CC=CC1C(N)=O. The highest BCUT2D eigenvalue weighted by atomic mass is 32.2. The molecular weight excluding hydrogens is 457 g/mol. The van der Waals surface area contributed by atoms with Crippen molar-refractivity contribution in [2.75, 3.05) is 17.8 Å². The first-order valence-electron chi connectivity index (χ1n) is 10.6. The minimum atomic E-state index is -4.75. The molecular formula is C22H25F3N4O3S. The fraction of sp³-hybridized carbons (Fsp3) is 0.455. The summed E-state index contributed by atoms with van der Waals surface area (Å²) in [6.07, 6.45) is 5.09. The summed E-state index contributed by atoms with van der Waals surface area (Å²) in [6.45, 7) is 0.156. The van der Waals surface area contributed by atoms with Crippen LogP contribution >= 0.6 is 0 Å². The molecule has 178 valence electrons. The lowest BCUT2D eigenvalue weighted by molar-refractivity contribution is -0.119. The summed E-state index contributed by atoms with van der Waals surface area (Å²) in [5.41, 5.74) is 4.88. The number of hydrogen-bond acceptors (Lipinski definition) is 5. The van der Waals surface area contributed by atoms with Crippen LogP contribution in [0, 0.1) is 5.92 Å². The van der Waals surface area contributed by atoms with Gasteiger partial charge < -0.3 is 20.3 Å². The van der Waals surface area contributed by atoms with Gasteiger partial charge in [-0.3, -0.25) is 9.48 Å². The van der Waals surface area contributed by atoms with Crippen LogP contribution in [-0.4, -0.2) is 50.4 Å². The van der Waals surface area contributed by atoms with E-state index in [1.54, 1.807) is 10.9 Å². The maximum Gasteiger partial charge on any atom is 0.431 e. The number of alkyl halides is 3. The molecule has 7 nitrogen and oxygen atoms in total. The number of halogens is 3. The van der Waals surface area contributed by atoms with Gasteiger partial charge in [-0.25, -0.2) is 0 Å². The Morgan fingerprint density at radius 2 is 2.00 bits per heavy atom. The predicted molar refractivity (Wildman–Crippen MR) is 119 cm³/mol. The first-order chi connectivity index (χ1) is 15.6. The maximum absolute atomic E-state index is 13.9. The highest BCUT2D eigenvalue weighted by molar-refractivity contribution is 7.90. The molecule has 4 rings (SSSR count). The molecule has 2 aromatic rings. The molecule has 2 aliphatic rings. The zero-order valence-electron chi connectivity index (χ0n) is 18.0. The highest BCUT2D eigenvalue weighted by Crippen LogP contribution is 2.41. The third-order valence-corrected chi connectivity index (χ3v) is 7.23. The minimum Gasteiger partial charge on any atom is -0.612 e. The number of nitrogens with zero attached hydrogens (tertiary/aromatic N) is 3. The zero-order valence-corrected chi connectivity index (χ0v) is 18.8. The quantitative estimate of drug-likeness (QED) is 0.637. The Kier molecular flexibility index (Phi) is 6.47. The monoisotopic (exact) mass is 482 g/mol. The van der Waals surface area contributed by atoms with Crippen molar-refractivity contribution in [1.82, 2.24) is 9.78 Å². The molecule has 2 atom stereocenters. The Morgan fingerprint density at radius 1 is 1.30 bits per heavy atom. The number of rotatable bonds is 5. The molecule has 2 unspecified atom stereocenters. The predicted octanol–water partition coefficient (Wildman–Crippen LogP) is 3.17. The molecule has 1 aromatic heterocycles. The largest absolute Gasteiger partial charge is 0.612 e. The van der Waals surface area contributed by atoms with Crippen LogP contribution in [0.2, 0.25) is 0 Å². The molecule has 0 radical (unpaired) electrons. The van der Waals surface area contributed by atoms with Crippen LogP contribution in [-0.2, 0) is 16.0 Å². The number of nitrogens with two attached hydrogens (primary N) is 1. The standard InChI is InChI=1S/C22H25F3N4O3S/c1-33(32)19-10-16-14(11-28(27-16)15-7-5-13(12-30)6-8-15)9-18(19)29-17(21(26)31)3-2-4-20(29)22(23,24)25/h2-4,9-11,13,15,17,30H,5-8,12H2,1H3,(H2,26,31). The first-order valence-corrected chi connectivity index (χ1v) is 12.2. The van der Waals surface area contributed by atoms with Gasteiger partial charge in [-0.05, 0) is 54.9 Å². The van der Waals surface area contributed by atoms with Crippen molar-refractivity contribution >= 4 is 33.7 Å². The van der Waals surface area contributed by atoms with Crippen LogP contribution < -0.4 is 10.6 Å². The summed E-state index contributed by atoms with van der Waals surface area (Å²) in [4.78, 5) is 13.0. The summed E-state index contributed by atoms with van der Waals surface area (Å²) in [6, 6.07) is 1.74. The number of anilines is 1. The molecule has 2 heterocycles. The van der Waals surface area contributed by atoms with Gasteiger partial charge in [0.2, 0.25) is 5.91 Å². The normalized spacial score (nSPS) is 24.7. The molecule has 1 saturated carbocycles. The van der Waals surface area contributed by atoms with Gasteiger partial charge in [-0.15, -0.1) is 0 Å². The first kappa shape index (κ1) is 23.7. The van der Waals surface area contributed by atoms with E-state index in [0.717, 1.165) is 42.7 Å². The van der Waals surface area contributed by atoms with Crippen LogP contribution in [0.5, 0.6) is 0 Å². The molecule has 0 spiro atoms. The summed E-state index contributed by atoms with van der Waals surface area (Å²) >= 11 is -1.66. The molecule has 1 fully saturated rings. The van der Waals surface area contributed by atoms with Crippen molar-refractivity contribution in [3.63, 3.8) is 0 Å². The molecule has 33 heavy (non-hydrogen) atoms. The topological polar surface area (TPSA) is 107 Å². The Labute approximate surface area is 191 Å². The Morgan fingerprint density at radius 3 is 2.58 bits per heavy atom. The number of primary amides is 1. The zero-order chi connectivity index (χ0) is 23.9.